The van der Waals surface area contributed by atoms with Crippen LogP contribution in [-0.4, -0.2) is 44.4 Å². The molecule has 7 heteroatoms. The van der Waals surface area contributed by atoms with E-state index in [9.17, 15) is 9.59 Å². The van der Waals surface area contributed by atoms with Crippen LogP contribution in [-0.2, 0) is 9.53 Å². The van der Waals surface area contributed by atoms with Crippen molar-refractivity contribution in [3.8, 4) is 5.75 Å². The summed E-state index contributed by atoms with van der Waals surface area (Å²) in [5.74, 6) is 2.71. The van der Waals surface area contributed by atoms with Crippen molar-refractivity contribution in [1.29, 1.82) is 0 Å². The number of hydrogen-bond acceptors (Lipinski definition) is 6. The lowest BCUT2D eigenvalue weighted by Crippen LogP contribution is -2.42. The van der Waals surface area contributed by atoms with Gasteiger partial charge in [-0.05, 0) is 30.9 Å². The van der Waals surface area contributed by atoms with E-state index >= 15 is 0 Å². The van der Waals surface area contributed by atoms with Gasteiger partial charge in [-0.15, -0.1) is 0 Å². The monoisotopic (exact) mass is 329 g/mol. The highest BCUT2D eigenvalue weighted by Crippen LogP contribution is 2.44. The van der Waals surface area contributed by atoms with Crippen LogP contribution in [0, 0.1) is 5.92 Å². The standard InChI is InChI=1S/C17H19N3O4/c1-19-6-7-23-14-8-11(4-5-13(14)19)20-15(12(18)9-21)16(10-2-3-10)24-17(20)22/h4-5,8,10,15-16H,2-3,6-7,18H2,1H3/t15?,16-/m0/s1. The maximum atomic E-state index is 12.4. The van der Waals surface area contributed by atoms with Crippen molar-refractivity contribution in [1.82, 2.24) is 0 Å². The maximum Gasteiger partial charge on any atom is 0.415 e. The summed E-state index contributed by atoms with van der Waals surface area (Å²) < 4.78 is 11.2. The third-order valence-electron chi connectivity index (χ3n) is 4.86. The fraction of sp³-hybridized carbons (Fsp3) is 0.471. The van der Waals surface area contributed by atoms with Gasteiger partial charge in [0.2, 0.25) is 0 Å². The molecule has 1 aliphatic carbocycles. The number of nitrogens with zero attached hydrogens (tertiary/aromatic N) is 2. The lowest BCUT2D eigenvalue weighted by molar-refractivity contribution is 0.122. The molecule has 24 heavy (non-hydrogen) atoms. The van der Waals surface area contributed by atoms with E-state index in [1.165, 1.54) is 4.90 Å². The normalized spacial score (nSPS) is 25.6. The van der Waals surface area contributed by atoms with Crippen LogP contribution in [0.15, 0.2) is 23.9 Å². The molecule has 4 rings (SSSR count). The van der Waals surface area contributed by atoms with Crippen LogP contribution in [0.25, 0.3) is 0 Å². The molecule has 0 radical (unpaired) electrons. The zero-order chi connectivity index (χ0) is 16.8. The molecule has 0 bridgehead atoms. The summed E-state index contributed by atoms with van der Waals surface area (Å²) >= 11 is 0. The van der Waals surface area contributed by atoms with Crippen LogP contribution in [0.5, 0.6) is 5.75 Å². The summed E-state index contributed by atoms with van der Waals surface area (Å²) in [7, 11) is 1.99. The maximum absolute atomic E-state index is 12.4. The van der Waals surface area contributed by atoms with Crippen molar-refractivity contribution in [2.45, 2.75) is 25.0 Å². The number of cyclic esters (lactones) is 1. The molecule has 2 aliphatic heterocycles. The predicted molar refractivity (Wildman–Crippen MR) is 87.9 cm³/mol. The molecule has 1 saturated carbocycles. The quantitative estimate of drug-likeness (QED) is 0.841. The van der Waals surface area contributed by atoms with Gasteiger partial charge in [0.05, 0.1) is 17.9 Å². The van der Waals surface area contributed by atoms with Gasteiger partial charge in [-0.1, -0.05) is 0 Å². The Morgan fingerprint density at radius 2 is 2.17 bits per heavy atom. The molecule has 2 heterocycles. The Kier molecular flexibility index (Phi) is 3.39. The summed E-state index contributed by atoms with van der Waals surface area (Å²) in [5, 5.41) is 0. The Morgan fingerprint density at radius 3 is 2.88 bits per heavy atom. The van der Waals surface area contributed by atoms with Gasteiger partial charge < -0.3 is 20.1 Å². The number of carbonyl (C=O) groups excluding carboxylic acids is 2. The Hall–Kier alpha value is -2.66. The fourth-order valence-electron chi connectivity index (χ4n) is 3.42. The molecule has 7 nitrogen and oxygen atoms in total. The Bertz CT molecular complexity index is 739. The van der Waals surface area contributed by atoms with E-state index in [1.807, 2.05) is 19.2 Å². The highest BCUT2D eigenvalue weighted by Gasteiger charge is 2.51. The first-order chi connectivity index (χ1) is 11.6. The zero-order valence-electron chi connectivity index (χ0n) is 13.4. The van der Waals surface area contributed by atoms with Gasteiger partial charge in [0.1, 0.15) is 36.1 Å². The van der Waals surface area contributed by atoms with Gasteiger partial charge in [-0.2, -0.15) is 0 Å². The molecular weight excluding hydrogens is 310 g/mol. The molecule has 0 spiro atoms. The van der Waals surface area contributed by atoms with E-state index in [0.29, 0.717) is 18.0 Å². The van der Waals surface area contributed by atoms with Crippen LogP contribution in [0.1, 0.15) is 12.8 Å². The minimum Gasteiger partial charge on any atom is -0.489 e. The number of hydrogen-bond donors (Lipinski definition) is 1. The SMILES string of the molecule is CN1CCOc2cc(N3C(=O)O[C@@H](C4CC4)C3C(N)=C=O)ccc21. The molecule has 1 saturated heterocycles. The van der Waals surface area contributed by atoms with Crippen molar-refractivity contribution >= 4 is 23.4 Å². The van der Waals surface area contributed by atoms with Crippen LogP contribution >= 0.6 is 0 Å². The number of ether oxygens (including phenoxy) is 2. The topological polar surface area (TPSA) is 85.1 Å². The largest absolute Gasteiger partial charge is 0.489 e. The smallest absolute Gasteiger partial charge is 0.415 e. The van der Waals surface area contributed by atoms with E-state index in [1.54, 1.807) is 12.0 Å². The number of anilines is 2. The molecule has 1 aromatic rings. The minimum absolute atomic E-state index is 0.00601. The van der Waals surface area contributed by atoms with E-state index in [2.05, 4.69) is 4.90 Å². The number of amides is 1. The van der Waals surface area contributed by atoms with E-state index in [0.717, 1.165) is 25.1 Å². The summed E-state index contributed by atoms with van der Waals surface area (Å²) in [6.45, 7) is 1.40. The number of likely N-dealkylation sites (N-methyl/N-ethyl adjacent to an activating group) is 1. The highest BCUT2D eigenvalue weighted by molar-refractivity contribution is 5.93. The van der Waals surface area contributed by atoms with E-state index in [-0.39, 0.29) is 11.6 Å². The summed E-state index contributed by atoms with van der Waals surface area (Å²) in [5.41, 5.74) is 7.43. The molecule has 126 valence electrons. The molecule has 3 aliphatic rings. The van der Waals surface area contributed by atoms with Gasteiger partial charge >= 0.3 is 6.09 Å². The number of carbonyl (C=O) groups is 1. The summed E-state index contributed by atoms with van der Waals surface area (Å²) in [6, 6.07) is 4.92. The van der Waals surface area contributed by atoms with Crippen molar-refractivity contribution in [2.24, 2.45) is 11.7 Å². The second kappa shape index (κ2) is 5.46. The van der Waals surface area contributed by atoms with Crippen LogP contribution in [0.4, 0.5) is 16.2 Å². The third kappa shape index (κ3) is 2.29. The molecule has 2 atom stereocenters. The van der Waals surface area contributed by atoms with Crippen molar-refractivity contribution in [3.05, 3.63) is 23.9 Å². The average Bonchev–Trinajstić information content (AvgIpc) is 3.37. The average molecular weight is 329 g/mol. The third-order valence-corrected chi connectivity index (χ3v) is 4.86. The first-order valence-corrected chi connectivity index (χ1v) is 8.08. The fourth-order valence-corrected chi connectivity index (χ4v) is 3.42. The number of fused-ring (bicyclic) bond motifs is 1. The molecule has 1 aromatic carbocycles. The van der Waals surface area contributed by atoms with Gasteiger partial charge in [0.15, 0.2) is 0 Å². The van der Waals surface area contributed by atoms with Crippen LogP contribution in [0.2, 0.25) is 0 Å². The second-order valence-corrected chi connectivity index (χ2v) is 6.48. The molecule has 1 amide bonds. The first kappa shape index (κ1) is 14.9. The number of rotatable bonds is 3. The molecule has 2 fully saturated rings. The Morgan fingerprint density at radius 1 is 1.38 bits per heavy atom. The van der Waals surface area contributed by atoms with Gasteiger partial charge in [0.25, 0.3) is 0 Å². The lowest BCUT2D eigenvalue weighted by atomic mass is 10.0. The minimum atomic E-state index is -0.609. The van der Waals surface area contributed by atoms with Crippen LogP contribution < -0.4 is 20.3 Å². The summed E-state index contributed by atoms with van der Waals surface area (Å²) in [4.78, 5) is 27.1. The van der Waals surface area contributed by atoms with Gasteiger partial charge in [0, 0.05) is 13.1 Å². The predicted octanol–water partition coefficient (Wildman–Crippen LogP) is 1.29. The van der Waals surface area contributed by atoms with E-state index in [4.69, 9.17) is 15.2 Å². The van der Waals surface area contributed by atoms with Crippen molar-refractivity contribution in [3.63, 3.8) is 0 Å². The summed E-state index contributed by atoms with van der Waals surface area (Å²) in [6.07, 6.45) is 1.08. The molecular formula is C17H19N3O4. The molecule has 0 aromatic heterocycles. The van der Waals surface area contributed by atoms with Crippen molar-refractivity contribution < 1.29 is 19.1 Å². The highest BCUT2D eigenvalue weighted by atomic mass is 16.6. The number of benzene rings is 1. The second-order valence-electron chi connectivity index (χ2n) is 6.48. The van der Waals surface area contributed by atoms with Gasteiger partial charge in [-0.3, -0.25) is 4.90 Å². The van der Waals surface area contributed by atoms with E-state index < -0.39 is 18.2 Å². The first-order valence-electron chi connectivity index (χ1n) is 8.08. The lowest BCUT2D eigenvalue weighted by Gasteiger charge is -2.29. The number of nitrogens with two attached hydrogens (primary N) is 1. The Labute approximate surface area is 139 Å². The van der Waals surface area contributed by atoms with Gasteiger partial charge in [-0.25, -0.2) is 9.59 Å². The molecule has 2 N–H and O–H groups in total. The van der Waals surface area contributed by atoms with Crippen molar-refractivity contribution in [2.75, 3.05) is 30.0 Å². The molecule has 1 unspecified atom stereocenters. The zero-order valence-corrected chi connectivity index (χ0v) is 13.4. The Balaban J connectivity index is 1.73. The van der Waals surface area contributed by atoms with Crippen LogP contribution in [0.3, 0.4) is 0 Å².